The van der Waals surface area contributed by atoms with Gasteiger partial charge in [-0.3, -0.25) is 14.5 Å². The number of carbonyl (C=O) groups excluding carboxylic acids is 2. The Kier molecular flexibility index (Phi) is 5.20. The number of benzene rings is 1. The third kappa shape index (κ3) is 4.28. The third-order valence-corrected chi connectivity index (χ3v) is 4.33. The predicted molar refractivity (Wildman–Crippen MR) is 93.8 cm³/mol. The van der Waals surface area contributed by atoms with Crippen molar-refractivity contribution in [3.8, 4) is 0 Å². The number of halogens is 1. The Morgan fingerprint density at radius 1 is 1.16 bits per heavy atom. The molecule has 1 aromatic heterocycles. The third-order valence-electron chi connectivity index (χ3n) is 4.00. The summed E-state index contributed by atoms with van der Waals surface area (Å²) in [5, 5.41) is 3.28. The van der Waals surface area contributed by atoms with E-state index in [1.54, 1.807) is 29.2 Å². The first-order valence-corrected chi connectivity index (χ1v) is 8.24. The van der Waals surface area contributed by atoms with E-state index in [1.807, 2.05) is 4.90 Å². The number of hydrogen-bond acceptors (Lipinski definition) is 4. The number of para-hydroxylation sites is 1. The first-order valence-electron chi connectivity index (χ1n) is 7.86. The zero-order chi connectivity index (χ0) is 17.8. The van der Waals surface area contributed by atoms with Crippen LogP contribution < -0.4 is 11.0 Å². The summed E-state index contributed by atoms with van der Waals surface area (Å²) >= 11 is 6.02. The van der Waals surface area contributed by atoms with Crippen LogP contribution in [0.25, 0.3) is 0 Å². The number of nitrogens with one attached hydrogen (secondary N) is 3. The van der Waals surface area contributed by atoms with Gasteiger partial charge in [0, 0.05) is 32.4 Å². The molecule has 0 bridgehead atoms. The summed E-state index contributed by atoms with van der Waals surface area (Å²) in [7, 11) is 0. The van der Waals surface area contributed by atoms with Crippen molar-refractivity contribution in [2.75, 3.05) is 38.0 Å². The topological polar surface area (TPSA) is 101 Å². The van der Waals surface area contributed by atoms with E-state index in [1.165, 1.54) is 6.20 Å². The first-order chi connectivity index (χ1) is 12.0. The van der Waals surface area contributed by atoms with Gasteiger partial charge >= 0.3 is 5.69 Å². The fourth-order valence-corrected chi connectivity index (χ4v) is 2.87. The monoisotopic (exact) mass is 363 g/mol. The number of hydrogen-bond donors (Lipinski definition) is 3. The van der Waals surface area contributed by atoms with Gasteiger partial charge in [-0.25, -0.2) is 4.79 Å². The molecule has 1 aliphatic heterocycles. The van der Waals surface area contributed by atoms with Crippen molar-refractivity contribution in [1.29, 1.82) is 0 Å². The van der Waals surface area contributed by atoms with Gasteiger partial charge in [0.25, 0.3) is 5.91 Å². The molecular weight excluding hydrogens is 346 g/mol. The maximum absolute atomic E-state index is 12.2. The summed E-state index contributed by atoms with van der Waals surface area (Å²) in [6.45, 7) is 2.37. The minimum Gasteiger partial charge on any atom is -0.335 e. The van der Waals surface area contributed by atoms with Crippen molar-refractivity contribution in [3.63, 3.8) is 0 Å². The van der Waals surface area contributed by atoms with Crippen LogP contribution in [0.4, 0.5) is 5.69 Å². The summed E-state index contributed by atoms with van der Waals surface area (Å²) in [6.07, 6.45) is 1.37. The Hall–Kier alpha value is -2.58. The highest BCUT2D eigenvalue weighted by molar-refractivity contribution is 6.33. The number of aromatic amines is 2. The molecule has 2 heterocycles. The van der Waals surface area contributed by atoms with Crippen LogP contribution in [0.5, 0.6) is 0 Å². The van der Waals surface area contributed by atoms with E-state index >= 15 is 0 Å². The quantitative estimate of drug-likeness (QED) is 0.746. The summed E-state index contributed by atoms with van der Waals surface area (Å²) in [4.78, 5) is 44.0. The zero-order valence-corrected chi connectivity index (χ0v) is 14.2. The molecule has 8 nitrogen and oxygen atoms in total. The van der Waals surface area contributed by atoms with Crippen molar-refractivity contribution in [2.45, 2.75) is 0 Å². The lowest BCUT2D eigenvalue weighted by molar-refractivity contribution is -0.117. The molecule has 9 heteroatoms. The number of carbonyl (C=O) groups is 2. The minimum absolute atomic E-state index is 0.150. The zero-order valence-electron chi connectivity index (χ0n) is 13.4. The standard InChI is InChI=1S/C16H18ClN5O3/c17-11-3-1-2-4-12(11)19-14(23)10-21-5-7-22(8-6-21)15(24)13-9-18-16(25)20-13/h1-4,9H,5-8,10H2,(H,19,23)(H2,18,20,25). The Morgan fingerprint density at radius 2 is 1.88 bits per heavy atom. The molecule has 0 spiro atoms. The van der Waals surface area contributed by atoms with Gasteiger partial charge in [-0.1, -0.05) is 23.7 Å². The number of imidazole rings is 1. The van der Waals surface area contributed by atoms with E-state index in [0.29, 0.717) is 36.9 Å². The molecule has 3 rings (SSSR count). The van der Waals surface area contributed by atoms with E-state index in [4.69, 9.17) is 11.6 Å². The van der Waals surface area contributed by atoms with Crippen molar-refractivity contribution >= 4 is 29.1 Å². The van der Waals surface area contributed by atoms with Crippen molar-refractivity contribution in [3.05, 3.63) is 51.7 Å². The second-order valence-electron chi connectivity index (χ2n) is 5.75. The molecule has 2 aromatic rings. The Balaban J connectivity index is 1.49. The highest BCUT2D eigenvalue weighted by Crippen LogP contribution is 2.20. The number of rotatable bonds is 4. The number of aromatic nitrogens is 2. The van der Waals surface area contributed by atoms with E-state index in [0.717, 1.165) is 0 Å². The van der Waals surface area contributed by atoms with Gasteiger partial charge in [0.2, 0.25) is 5.91 Å². The molecule has 25 heavy (non-hydrogen) atoms. The smallest absolute Gasteiger partial charge is 0.323 e. The van der Waals surface area contributed by atoms with Crippen molar-refractivity contribution in [1.82, 2.24) is 19.8 Å². The normalized spacial score (nSPS) is 15.2. The van der Waals surface area contributed by atoms with E-state index in [-0.39, 0.29) is 24.1 Å². The van der Waals surface area contributed by atoms with Gasteiger partial charge in [-0.15, -0.1) is 0 Å². The number of amides is 2. The molecule has 1 fully saturated rings. The fraction of sp³-hybridized carbons (Fsp3) is 0.312. The SMILES string of the molecule is O=C(CN1CCN(C(=O)c2c[nH]c(=O)[nH]2)CC1)Nc1ccccc1Cl. The molecule has 1 aliphatic rings. The van der Waals surface area contributed by atoms with E-state index in [2.05, 4.69) is 15.3 Å². The number of nitrogens with zero attached hydrogens (tertiary/aromatic N) is 2. The van der Waals surface area contributed by atoms with Gasteiger partial charge < -0.3 is 20.2 Å². The van der Waals surface area contributed by atoms with Crippen molar-refractivity contribution < 1.29 is 9.59 Å². The summed E-state index contributed by atoms with van der Waals surface area (Å²) in [5.74, 6) is -0.374. The highest BCUT2D eigenvalue weighted by Gasteiger charge is 2.24. The summed E-state index contributed by atoms with van der Waals surface area (Å²) in [6, 6.07) is 7.06. The lowest BCUT2D eigenvalue weighted by atomic mass is 10.2. The first kappa shape index (κ1) is 17.2. The minimum atomic E-state index is -0.404. The molecule has 0 saturated carbocycles. The highest BCUT2D eigenvalue weighted by atomic mass is 35.5. The molecule has 1 aromatic carbocycles. The fourth-order valence-electron chi connectivity index (χ4n) is 2.68. The van der Waals surface area contributed by atoms with Crippen LogP contribution >= 0.6 is 11.6 Å². The van der Waals surface area contributed by atoms with Gasteiger partial charge in [0.05, 0.1) is 17.3 Å². The average Bonchev–Trinajstić information content (AvgIpc) is 3.03. The summed E-state index contributed by atoms with van der Waals surface area (Å²) < 4.78 is 0. The number of anilines is 1. The lowest BCUT2D eigenvalue weighted by Gasteiger charge is -2.34. The second kappa shape index (κ2) is 7.54. The number of H-pyrrole nitrogens is 2. The molecule has 0 radical (unpaired) electrons. The summed E-state index contributed by atoms with van der Waals surface area (Å²) in [5.41, 5.74) is 0.424. The van der Waals surface area contributed by atoms with Crippen LogP contribution in [-0.2, 0) is 4.79 Å². The second-order valence-corrected chi connectivity index (χ2v) is 6.16. The van der Waals surface area contributed by atoms with E-state index < -0.39 is 5.69 Å². The van der Waals surface area contributed by atoms with Crippen molar-refractivity contribution in [2.24, 2.45) is 0 Å². The van der Waals surface area contributed by atoms with Gasteiger partial charge in [0.1, 0.15) is 5.69 Å². The largest absolute Gasteiger partial charge is 0.335 e. The molecule has 3 N–H and O–H groups in total. The molecule has 2 amide bonds. The van der Waals surface area contributed by atoms with Crippen LogP contribution in [0.3, 0.4) is 0 Å². The van der Waals surface area contributed by atoms with Crippen LogP contribution in [0.15, 0.2) is 35.3 Å². The maximum atomic E-state index is 12.2. The van der Waals surface area contributed by atoms with E-state index in [9.17, 15) is 14.4 Å². The Morgan fingerprint density at radius 3 is 2.52 bits per heavy atom. The van der Waals surface area contributed by atoms with Gasteiger partial charge in [-0.05, 0) is 12.1 Å². The Labute approximate surface area is 148 Å². The van der Waals surface area contributed by atoms with Crippen LogP contribution in [0, 0.1) is 0 Å². The Bertz CT molecular complexity index is 823. The van der Waals surface area contributed by atoms with Gasteiger partial charge in [0.15, 0.2) is 0 Å². The molecule has 1 saturated heterocycles. The van der Waals surface area contributed by atoms with Crippen LogP contribution in [-0.4, -0.2) is 64.3 Å². The molecule has 0 aliphatic carbocycles. The van der Waals surface area contributed by atoms with Gasteiger partial charge in [-0.2, -0.15) is 0 Å². The molecule has 132 valence electrons. The molecular formula is C16H18ClN5O3. The predicted octanol–water partition coefficient (Wildman–Crippen LogP) is 0.753. The van der Waals surface area contributed by atoms with Crippen LogP contribution in [0.1, 0.15) is 10.5 Å². The average molecular weight is 364 g/mol. The maximum Gasteiger partial charge on any atom is 0.323 e. The molecule has 0 atom stereocenters. The lowest BCUT2D eigenvalue weighted by Crippen LogP contribution is -2.50. The number of piperazine rings is 1. The molecule has 0 unspecified atom stereocenters. The van der Waals surface area contributed by atoms with Crippen LogP contribution in [0.2, 0.25) is 5.02 Å².